The molecule has 0 N–H and O–H groups in total. The van der Waals surface area contributed by atoms with Crippen LogP contribution in [0.25, 0.3) is 5.69 Å². The van der Waals surface area contributed by atoms with Crippen molar-refractivity contribution in [2.75, 3.05) is 43.6 Å². The minimum Gasteiger partial charge on any atom is -0.493 e. The molecule has 7 heteroatoms. The monoisotopic (exact) mass is 410 g/mol. The van der Waals surface area contributed by atoms with E-state index in [0.717, 1.165) is 61.0 Å². The second-order valence-electron chi connectivity index (χ2n) is 6.87. The van der Waals surface area contributed by atoms with Crippen LogP contribution in [0.1, 0.15) is 12.0 Å². The second-order valence-corrected chi connectivity index (χ2v) is 7.93. The topological polar surface area (TPSA) is 52.4 Å². The normalized spacial score (nSPS) is 14.2. The van der Waals surface area contributed by atoms with Crippen molar-refractivity contribution in [3.05, 3.63) is 60.2 Å². The number of aryl methyl sites for hydroxylation is 1. The maximum atomic E-state index is 5.91. The Morgan fingerprint density at radius 1 is 1.00 bits per heavy atom. The first-order chi connectivity index (χ1) is 14.3. The minimum atomic E-state index is 0.688. The van der Waals surface area contributed by atoms with Crippen LogP contribution in [0.3, 0.4) is 0 Å². The zero-order chi connectivity index (χ0) is 19.9. The lowest BCUT2D eigenvalue weighted by Gasteiger charge is -2.27. The molecule has 4 rings (SSSR count). The fourth-order valence-electron chi connectivity index (χ4n) is 3.25. The Balaban J connectivity index is 1.41. The van der Waals surface area contributed by atoms with Crippen LogP contribution in [0.2, 0.25) is 0 Å². The van der Waals surface area contributed by atoms with Crippen LogP contribution >= 0.6 is 11.8 Å². The summed E-state index contributed by atoms with van der Waals surface area (Å²) in [4.78, 5) is 2.24. The van der Waals surface area contributed by atoms with E-state index in [9.17, 15) is 0 Å². The fraction of sp³-hybridized carbons (Fsp3) is 0.364. The molecule has 3 aromatic rings. The number of benzene rings is 2. The highest BCUT2D eigenvalue weighted by molar-refractivity contribution is 7.99. The summed E-state index contributed by atoms with van der Waals surface area (Å²) in [6.45, 7) is 5.87. The van der Waals surface area contributed by atoms with Crippen molar-refractivity contribution in [2.45, 2.75) is 18.5 Å². The number of hydrogen-bond acceptors (Lipinski definition) is 6. The van der Waals surface area contributed by atoms with Crippen molar-refractivity contribution in [2.24, 2.45) is 0 Å². The molecule has 0 amide bonds. The van der Waals surface area contributed by atoms with Crippen molar-refractivity contribution in [1.82, 2.24) is 14.8 Å². The molecule has 0 saturated carbocycles. The third-order valence-electron chi connectivity index (χ3n) is 4.80. The van der Waals surface area contributed by atoms with E-state index in [1.54, 1.807) is 11.8 Å². The predicted octanol–water partition coefficient (Wildman–Crippen LogP) is 3.97. The van der Waals surface area contributed by atoms with Gasteiger partial charge in [-0.2, -0.15) is 0 Å². The summed E-state index contributed by atoms with van der Waals surface area (Å²) >= 11 is 1.72. The van der Waals surface area contributed by atoms with Gasteiger partial charge in [-0.05, 0) is 37.1 Å². The van der Waals surface area contributed by atoms with E-state index < -0.39 is 0 Å². The number of para-hydroxylation sites is 2. The van der Waals surface area contributed by atoms with E-state index in [4.69, 9.17) is 9.47 Å². The van der Waals surface area contributed by atoms with Gasteiger partial charge < -0.3 is 14.4 Å². The molecule has 1 saturated heterocycles. The van der Waals surface area contributed by atoms with Gasteiger partial charge in [-0.3, -0.25) is 4.57 Å². The number of hydrogen-bond donors (Lipinski definition) is 0. The first kappa shape index (κ1) is 19.8. The molecule has 1 aromatic heterocycles. The summed E-state index contributed by atoms with van der Waals surface area (Å²) in [5.74, 6) is 2.76. The summed E-state index contributed by atoms with van der Waals surface area (Å²) in [7, 11) is 0. The van der Waals surface area contributed by atoms with Crippen molar-refractivity contribution in [1.29, 1.82) is 0 Å². The lowest BCUT2D eigenvalue weighted by molar-refractivity contribution is 0.122. The zero-order valence-electron chi connectivity index (χ0n) is 16.7. The van der Waals surface area contributed by atoms with Crippen molar-refractivity contribution in [3.8, 4) is 11.4 Å². The van der Waals surface area contributed by atoms with Crippen LogP contribution in [-0.4, -0.2) is 53.4 Å². The molecule has 1 aliphatic heterocycles. The average Bonchev–Trinajstić information content (AvgIpc) is 3.20. The molecule has 152 valence electrons. The number of aromatic nitrogens is 3. The lowest BCUT2D eigenvalue weighted by atomic mass is 10.2. The maximum Gasteiger partial charge on any atom is 0.232 e. The van der Waals surface area contributed by atoms with Gasteiger partial charge in [0, 0.05) is 18.8 Å². The Hall–Kier alpha value is -2.51. The fourth-order valence-corrected chi connectivity index (χ4v) is 4.11. The van der Waals surface area contributed by atoms with Gasteiger partial charge in [0.25, 0.3) is 0 Å². The SMILES string of the molecule is Cc1ccccc1OCCCSc1nnc(N2CCOCC2)n1-c1ccccc1. The van der Waals surface area contributed by atoms with E-state index in [1.165, 1.54) is 5.56 Å². The first-order valence-electron chi connectivity index (χ1n) is 9.98. The average molecular weight is 411 g/mol. The molecule has 0 atom stereocenters. The molecule has 6 nitrogen and oxygen atoms in total. The Bertz CT molecular complexity index is 910. The second kappa shape index (κ2) is 9.80. The van der Waals surface area contributed by atoms with Crippen LogP contribution in [0.5, 0.6) is 5.75 Å². The number of nitrogens with zero attached hydrogens (tertiary/aromatic N) is 4. The van der Waals surface area contributed by atoms with E-state index in [2.05, 4.69) is 44.8 Å². The van der Waals surface area contributed by atoms with Gasteiger partial charge in [0.2, 0.25) is 5.95 Å². The minimum absolute atomic E-state index is 0.688. The number of ether oxygens (including phenoxy) is 2. The lowest BCUT2D eigenvalue weighted by Crippen LogP contribution is -2.37. The van der Waals surface area contributed by atoms with Gasteiger partial charge >= 0.3 is 0 Å². The van der Waals surface area contributed by atoms with E-state index in [0.29, 0.717) is 6.61 Å². The van der Waals surface area contributed by atoms with Crippen LogP contribution in [-0.2, 0) is 4.74 Å². The first-order valence-corrected chi connectivity index (χ1v) is 11.0. The third kappa shape index (κ3) is 4.92. The number of rotatable bonds is 8. The van der Waals surface area contributed by atoms with Crippen molar-refractivity contribution < 1.29 is 9.47 Å². The zero-order valence-corrected chi connectivity index (χ0v) is 17.5. The molecule has 1 fully saturated rings. The Kier molecular flexibility index (Phi) is 6.69. The Morgan fingerprint density at radius 3 is 2.55 bits per heavy atom. The number of morpholine rings is 1. The Labute approximate surface area is 175 Å². The van der Waals surface area contributed by atoms with Gasteiger partial charge in [0.15, 0.2) is 5.16 Å². The van der Waals surface area contributed by atoms with Crippen LogP contribution in [0.15, 0.2) is 59.8 Å². The highest BCUT2D eigenvalue weighted by Crippen LogP contribution is 2.27. The van der Waals surface area contributed by atoms with Gasteiger partial charge in [-0.1, -0.05) is 48.2 Å². The summed E-state index contributed by atoms with van der Waals surface area (Å²) < 4.78 is 13.6. The van der Waals surface area contributed by atoms with Crippen LogP contribution in [0.4, 0.5) is 5.95 Å². The van der Waals surface area contributed by atoms with E-state index in [1.807, 2.05) is 36.4 Å². The van der Waals surface area contributed by atoms with Crippen molar-refractivity contribution >= 4 is 17.7 Å². The van der Waals surface area contributed by atoms with Gasteiger partial charge in [-0.25, -0.2) is 0 Å². The standard InChI is InChI=1S/C22H26N4O2S/c1-18-8-5-6-11-20(18)28-14-7-17-29-22-24-23-21(25-12-15-27-16-13-25)26(22)19-9-3-2-4-10-19/h2-6,8-11H,7,12-17H2,1H3. The highest BCUT2D eigenvalue weighted by Gasteiger charge is 2.21. The smallest absolute Gasteiger partial charge is 0.232 e. The third-order valence-corrected chi connectivity index (χ3v) is 5.81. The van der Waals surface area contributed by atoms with E-state index in [-0.39, 0.29) is 0 Å². The Morgan fingerprint density at radius 2 is 1.76 bits per heavy atom. The molecule has 0 bridgehead atoms. The number of anilines is 1. The molecule has 2 heterocycles. The molecule has 0 unspecified atom stereocenters. The summed E-state index contributed by atoms with van der Waals surface area (Å²) in [5, 5.41) is 9.91. The van der Waals surface area contributed by atoms with Crippen molar-refractivity contribution in [3.63, 3.8) is 0 Å². The molecule has 1 aliphatic rings. The molecule has 2 aromatic carbocycles. The molecule has 29 heavy (non-hydrogen) atoms. The highest BCUT2D eigenvalue weighted by atomic mass is 32.2. The van der Waals surface area contributed by atoms with Crippen LogP contribution in [0, 0.1) is 6.92 Å². The van der Waals surface area contributed by atoms with E-state index >= 15 is 0 Å². The molecule has 0 radical (unpaired) electrons. The predicted molar refractivity (Wildman–Crippen MR) is 116 cm³/mol. The molecule has 0 aliphatic carbocycles. The largest absolute Gasteiger partial charge is 0.493 e. The molecular formula is C22H26N4O2S. The van der Waals surface area contributed by atoms with Gasteiger partial charge in [-0.15, -0.1) is 10.2 Å². The van der Waals surface area contributed by atoms with Crippen LogP contribution < -0.4 is 9.64 Å². The quantitative estimate of drug-likeness (QED) is 0.414. The maximum absolute atomic E-state index is 5.91. The summed E-state index contributed by atoms with van der Waals surface area (Å²) in [5.41, 5.74) is 2.25. The number of thioether (sulfide) groups is 1. The molecule has 0 spiro atoms. The summed E-state index contributed by atoms with van der Waals surface area (Å²) in [6.07, 6.45) is 0.938. The van der Waals surface area contributed by atoms with Gasteiger partial charge in [0.1, 0.15) is 5.75 Å². The van der Waals surface area contributed by atoms with Gasteiger partial charge in [0.05, 0.1) is 25.5 Å². The summed E-state index contributed by atoms with van der Waals surface area (Å²) in [6, 6.07) is 18.4. The molecular weight excluding hydrogens is 384 g/mol.